The Morgan fingerprint density at radius 3 is 2.35 bits per heavy atom. The van der Waals surface area contributed by atoms with Crippen molar-refractivity contribution in [2.75, 3.05) is 11.5 Å². The number of allylic oxidation sites excluding steroid dienone is 1. The molecule has 12 nitrogen and oxygen atoms in total. The van der Waals surface area contributed by atoms with E-state index in [1.165, 1.54) is 42.5 Å². The summed E-state index contributed by atoms with van der Waals surface area (Å²) in [6.45, 7) is -0.700. The lowest BCUT2D eigenvalue weighted by Crippen LogP contribution is -2.60. The van der Waals surface area contributed by atoms with Crippen LogP contribution in [0.25, 0.3) is 6.08 Å². The molecule has 12 heteroatoms. The van der Waals surface area contributed by atoms with Crippen LogP contribution in [-0.4, -0.2) is 90.5 Å². The number of rotatable bonds is 8. The Balaban J connectivity index is 1.43. The second-order valence-electron chi connectivity index (χ2n) is 11.6. The largest absolute Gasteiger partial charge is 0.508 e. The Bertz CT molecular complexity index is 1670. The standard InChI is InChI=1S/C34H33NO11/c36-17-26-29(40)30(41)31(42)32(46-26)45-25-16-23-22(15-24(25)38)28-20(14-19-4-2-1-3-5-19)12-13-34(28,33(43)44)35(23)27(39)11-8-18-6-9-21(37)10-7-18/h1-13,15-16,20,26,28-32,36-38,40-42H,14,17H2,(H,43,44)/b11-8+/t20-,26+,28+,29+,30-,31+,32+,34+/m0/s1. The zero-order valence-electron chi connectivity index (χ0n) is 24.3. The molecular weight excluding hydrogens is 598 g/mol. The van der Waals surface area contributed by atoms with Crippen LogP contribution in [0.4, 0.5) is 5.69 Å². The summed E-state index contributed by atoms with van der Waals surface area (Å²) in [5, 5.41) is 72.0. The molecule has 0 spiro atoms. The number of nitrogens with zero attached hydrogens (tertiary/aromatic N) is 1. The number of amides is 1. The highest BCUT2D eigenvalue weighted by Gasteiger charge is 2.62. The van der Waals surface area contributed by atoms with Gasteiger partial charge in [-0.1, -0.05) is 54.6 Å². The number of benzene rings is 3. The summed E-state index contributed by atoms with van der Waals surface area (Å²) in [7, 11) is 0. The van der Waals surface area contributed by atoms with Gasteiger partial charge in [0.05, 0.1) is 12.3 Å². The second kappa shape index (κ2) is 12.2. The van der Waals surface area contributed by atoms with Crippen molar-refractivity contribution in [3.63, 3.8) is 0 Å². The Labute approximate surface area is 263 Å². The summed E-state index contributed by atoms with van der Waals surface area (Å²) >= 11 is 0. The van der Waals surface area contributed by atoms with Crippen molar-refractivity contribution in [3.8, 4) is 17.2 Å². The fraction of sp³-hybridized carbons (Fsp3) is 0.294. The number of anilines is 1. The zero-order valence-corrected chi connectivity index (χ0v) is 24.3. The predicted molar refractivity (Wildman–Crippen MR) is 163 cm³/mol. The Hall–Kier alpha value is -4.72. The van der Waals surface area contributed by atoms with Gasteiger partial charge in [0, 0.05) is 18.1 Å². The van der Waals surface area contributed by atoms with Crippen LogP contribution in [0.15, 0.2) is 85.0 Å². The quantitative estimate of drug-likeness (QED) is 0.141. The van der Waals surface area contributed by atoms with E-state index in [1.54, 1.807) is 18.2 Å². The smallest absolute Gasteiger partial charge is 0.334 e. The number of carbonyl (C=O) groups excluding carboxylic acids is 1. The number of phenols is 2. The van der Waals surface area contributed by atoms with Gasteiger partial charge in [-0.2, -0.15) is 0 Å². The van der Waals surface area contributed by atoms with Crippen LogP contribution in [-0.2, 0) is 20.7 Å². The average Bonchev–Trinajstić information content (AvgIpc) is 3.55. The van der Waals surface area contributed by atoms with E-state index in [4.69, 9.17) is 9.47 Å². The number of phenolic OH excluding ortho intramolecular Hbond substituents is 2. The minimum atomic E-state index is -1.87. The lowest BCUT2D eigenvalue weighted by atomic mass is 9.77. The molecule has 240 valence electrons. The number of aliphatic hydroxyl groups is 4. The lowest BCUT2D eigenvalue weighted by molar-refractivity contribution is -0.277. The fourth-order valence-electron chi connectivity index (χ4n) is 6.59. The van der Waals surface area contributed by atoms with Crippen molar-refractivity contribution in [1.82, 2.24) is 0 Å². The van der Waals surface area contributed by atoms with Crippen LogP contribution in [0, 0.1) is 5.92 Å². The van der Waals surface area contributed by atoms with Gasteiger partial charge in [-0.3, -0.25) is 9.69 Å². The van der Waals surface area contributed by atoms with Gasteiger partial charge < -0.3 is 45.2 Å². The third-order valence-corrected chi connectivity index (χ3v) is 8.83. The van der Waals surface area contributed by atoms with Crippen molar-refractivity contribution in [1.29, 1.82) is 0 Å². The van der Waals surface area contributed by atoms with Crippen LogP contribution >= 0.6 is 0 Å². The van der Waals surface area contributed by atoms with E-state index in [9.17, 15) is 45.3 Å². The average molecular weight is 632 g/mol. The van der Waals surface area contributed by atoms with Crippen molar-refractivity contribution >= 4 is 23.6 Å². The molecule has 0 bridgehead atoms. The first kappa shape index (κ1) is 31.3. The summed E-state index contributed by atoms with van der Waals surface area (Å²) in [4.78, 5) is 28.4. The number of ether oxygens (including phenoxy) is 2. The summed E-state index contributed by atoms with van der Waals surface area (Å²) in [5.74, 6) is -3.87. The molecule has 8 atom stereocenters. The van der Waals surface area contributed by atoms with E-state index in [-0.39, 0.29) is 23.1 Å². The number of carboxylic acid groups (broad SMARTS) is 1. The van der Waals surface area contributed by atoms with Gasteiger partial charge in [-0.25, -0.2) is 4.79 Å². The van der Waals surface area contributed by atoms with Gasteiger partial charge >= 0.3 is 5.97 Å². The molecule has 7 N–H and O–H groups in total. The molecule has 2 heterocycles. The van der Waals surface area contributed by atoms with Crippen LogP contribution in [0.3, 0.4) is 0 Å². The summed E-state index contributed by atoms with van der Waals surface area (Å²) in [5.41, 5.74) is 0.161. The first-order chi connectivity index (χ1) is 22.0. The third kappa shape index (κ3) is 5.29. The number of aliphatic carboxylic acids is 1. The molecule has 0 aromatic heterocycles. The topological polar surface area (TPSA) is 197 Å². The van der Waals surface area contributed by atoms with Crippen LogP contribution in [0.2, 0.25) is 0 Å². The van der Waals surface area contributed by atoms with E-state index in [2.05, 4.69) is 0 Å². The van der Waals surface area contributed by atoms with E-state index in [0.717, 1.165) is 10.5 Å². The molecule has 0 saturated carbocycles. The van der Waals surface area contributed by atoms with Gasteiger partial charge in [0.2, 0.25) is 6.29 Å². The molecule has 1 aliphatic carbocycles. The molecule has 6 rings (SSSR count). The summed E-state index contributed by atoms with van der Waals surface area (Å²) in [6, 6.07) is 18.1. The number of fused-ring (bicyclic) bond motifs is 3. The zero-order chi connectivity index (χ0) is 32.7. The maximum atomic E-state index is 14.0. The van der Waals surface area contributed by atoms with Gasteiger partial charge in [0.1, 0.15) is 30.2 Å². The number of aromatic hydroxyl groups is 2. The van der Waals surface area contributed by atoms with E-state index in [0.29, 0.717) is 17.5 Å². The Morgan fingerprint density at radius 1 is 0.957 bits per heavy atom. The van der Waals surface area contributed by atoms with Gasteiger partial charge in [-0.05, 0) is 53.3 Å². The highest BCUT2D eigenvalue weighted by Crippen LogP contribution is 2.58. The van der Waals surface area contributed by atoms with E-state index >= 15 is 0 Å². The van der Waals surface area contributed by atoms with Gasteiger partial charge in [0.15, 0.2) is 17.0 Å². The van der Waals surface area contributed by atoms with Crippen molar-refractivity contribution < 1.29 is 54.8 Å². The molecule has 46 heavy (non-hydrogen) atoms. The molecule has 1 fully saturated rings. The monoisotopic (exact) mass is 631 g/mol. The number of aliphatic hydroxyl groups excluding tert-OH is 4. The summed E-state index contributed by atoms with van der Waals surface area (Å²) in [6.07, 6.45) is -1.66. The highest BCUT2D eigenvalue weighted by atomic mass is 16.7. The van der Waals surface area contributed by atoms with Crippen LogP contribution in [0.1, 0.15) is 22.6 Å². The Morgan fingerprint density at radius 2 is 1.67 bits per heavy atom. The summed E-state index contributed by atoms with van der Waals surface area (Å²) < 4.78 is 11.2. The van der Waals surface area contributed by atoms with Crippen molar-refractivity contribution in [2.24, 2.45) is 5.92 Å². The molecule has 3 aromatic carbocycles. The van der Waals surface area contributed by atoms with E-state index < -0.39 is 66.4 Å². The van der Waals surface area contributed by atoms with Crippen molar-refractivity contribution in [3.05, 3.63) is 102 Å². The number of carboxylic acids is 1. The number of carbonyl (C=O) groups is 2. The second-order valence-corrected chi connectivity index (χ2v) is 11.6. The molecule has 1 amide bonds. The predicted octanol–water partition coefficient (Wildman–Crippen LogP) is 1.67. The highest BCUT2D eigenvalue weighted by molar-refractivity contribution is 6.13. The first-order valence-corrected chi connectivity index (χ1v) is 14.7. The van der Waals surface area contributed by atoms with E-state index in [1.807, 2.05) is 30.3 Å². The molecule has 0 unspecified atom stereocenters. The first-order valence-electron chi connectivity index (χ1n) is 14.7. The number of hydrogen-bond donors (Lipinski definition) is 7. The molecule has 3 aliphatic rings. The Kier molecular flexibility index (Phi) is 8.32. The van der Waals surface area contributed by atoms with Gasteiger partial charge in [-0.15, -0.1) is 0 Å². The third-order valence-electron chi connectivity index (χ3n) is 8.83. The maximum absolute atomic E-state index is 14.0. The normalized spacial score (nSPS) is 29.9. The SMILES string of the molecule is O=C(/C=C/c1ccc(O)cc1)N1c2cc(O[C@@H]3O[C@H](CO)[C@@H](O)[C@H](O)[C@H]3O)c(O)cc2[C@H]2[C@H](Cc3ccccc3)C=C[C@]21C(=O)O. The van der Waals surface area contributed by atoms with Crippen LogP contribution < -0.4 is 9.64 Å². The van der Waals surface area contributed by atoms with Crippen LogP contribution in [0.5, 0.6) is 17.2 Å². The maximum Gasteiger partial charge on any atom is 0.334 e. The molecule has 2 aliphatic heterocycles. The molecule has 0 radical (unpaired) electrons. The van der Waals surface area contributed by atoms with Gasteiger partial charge in [0.25, 0.3) is 5.91 Å². The molecule has 1 saturated heterocycles. The number of hydrogen-bond acceptors (Lipinski definition) is 10. The lowest BCUT2D eigenvalue weighted by Gasteiger charge is -2.39. The fourth-order valence-corrected chi connectivity index (χ4v) is 6.59. The molecular formula is C34H33NO11. The molecule has 3 aromatic rings. The van der Waals surface area contributed by atoms with Crippen molar-refractivity contribution in [2.45, 2.75) is 48.6 Å². The minimum absolute atomic E-state index is 0.0388. The minimum Gasteiger partial charge on any atom is -0.508 e.